The summed E-state index contributed by atoms with van der Waals surface area (Å²) >= 11 is 0. The first-order chi connectivity index (χ1) is 12.3. The number of hydrogen-bond donors (Lipinski definition) is 1. The Morgan fingerprint density at radius 3 is 2.88 bits per heavy atom. The maximum absolute atomic E-state index is 12.6. The molecule has 4 rings (SSSR count). The second-order valence-electron chi connectivity index (χ2n) is 5.61. The zero-order chi connectivity index (χ0) is 17.1. The Labute approximate surface area is 145 Å². The molecule has 1 aliphatic rings. The number of carbonyl (C=O) groups excluding carboxylic acids is 1. The van der Waals surface area contributed by atoms with Gasteiger partial charge < -0.3 is 19.4 Å². The van der Waals surface area contributed by atoms with Crippen molar-refractivity contribution in [3.8, 4) is 17.2 Å². The number of fused-ring (bicyclic) bond motifs is 1. The third kappa shape index (κ3) is 3.06. The molecule has 3 aromatic rings. The smallest absolute Gasteiger partial charge is 0.255 e. The van der Waals surface area contributed by atoms with E-state index in [2.05, 4.69) is 10.3 Å². The molecule has 1 N–H and O–H groups in total. The van der Waals surface area contributed by atoms with Gasteiger partial charge in [-0.3, -0.25) is 4.79 Å². The van der Waals surface area contributed by atoms with E-state index in [-0.39, 0.29) is 5.91 Å². The summed E-state index contributed by atoms with van der Waals surface area (Å²) in [5.74, 6) is 0.926. The molecule has 6 nitrogen and oxygen atoms in total. The van der Waals surface area contributed by atoms with Crippen LogP contribution in [0.25, 0.3) is 5.69 Å². The van der Waals surface area contributed by atoms with E-state index in [0.717, 1.165) is 11.3 Å². The molecule has 0 unspecified atom stereocenters. The third-order valence-electron chi connectivity index (χ3n) is 4.02. The van der Waals surface area contributed by atoms with E-state index in [0.29, 0.717) is 36.8 Å². The maximum Gasteiger partial charge on any atom is 0.255 e. The van der Waals surface area contributed by atoms with Crippen LogP contribution in [0.5, 0.6) is 11.5 Å². The van der Waals surface area contributed by atoms with E-state index in [9.17, 15) is 4.79 Å². The zero-order valence-corrected chi connectivity index (χ0v) is 13.5. The fraction of sp³-hybridized carbons (Fsp3) is 0.158. The van der Waals surface area contributed by atoms with Crippen LogP contribution in [-0.2, 0) is 6.54 Å². The number of nitrogens with one attached hydrogen (secondary N) is 1. The topological polar surface area (TPSA) is 65.4 Å². The predicted octanol–water partition coefficient (Wildman–Crippen LogP) is 2.57. The molecule has 0 bridgehead atoms. The molecule has 0 saturated carbocycles. The number of hydrogen-bond acceptors (Lipinski definition) is 4. The Kier molecular flexibility index (Phi) is 4.08. The van der Waals surface area contributed by atoms with Crippen molar-refractivity contribution in [1.82, 2.24) is 14.9 Å². The minimum atomic E-state index is -0.192. The summed E-state index contributed by atoms with van der Waals surface area (Å²) in [5.41, 5.74) is 2.46. The number of para-hydroxylation sites is 2. The average molecular weight is 335 g/mol. The van der Waals surface area contributed by atoms with Crippen LogP contribution in [0.4, 0.5) is 0 Å². The van der Waals surface area contributed by atoms with E-state index in [1.54, 1.807) is 30.7 Å². The van der Waals surface area contributed by atoms with Crippen LogP contribution in [0.2, 0.25) is 0 Å². The summed E-state index contributed by atoms with van der Waals surface area (Å²) in [6, 6.07) is 13.2. The largest absolute Gasteiger partial charge is 0.486 e. The van der Waals surface area contributed by atoms with E-state index >= 15 is 0 Å². The van der Waals surface area contributed by atoms with E-state index in [4.69, 9.17) is 9.47 Å². The SMILES string of the molecule is O=C(NCc1ccccc1-n1ccnc1)c1cccc2c1OCCO2. The van der Waals surface area contributed by atoms with Gasteiger partial charge in [-0.25, -0.2) is 4.98 Å². The molecule has 126 valence electrons. The zero-order valence-electron chi connectivity index (χ0n) is 13.5. The molecular weight excluding hydrogens is 318 g/mol. The Hall–Kier alpha value is -3.28. The summed E-state index contributed by atoms with van der Waals surface area (Å²) in [5, 5.41) is 2.96. The molecule has 1 aliphatic heterocycles. The summed E-state index contributed by atoms with van der Waals surface area (Å²) in [4.78, 5) is 16.7. The first kappa shape index (κ1) is 15.3. The Bertz CT molecular complexity index is 891. The highest BCUT2D eigenvalue weighted by atomic mass is 16.6. The molecule has 0 spiro atoms. The van der Waals surface area contributed by atoms with Gasteiger partial charge in [0.25, 0.3) is 5.91 Å². The summed E-state index contributed by atoms with van der Waals surface area (Å²) in [6.45, 7) is 1.34. The molecule has 0 aliphatic carbocycles. The Morgan fingerprint density at radius 2 is 2.00 bits per heavy atom. The molecule has 1 amide bonds. The van der Waals surface area contributed by atoms with Gasteiger partial charge in [-0.15, -0.1) is 0 Å². The van der Waals surface area contributed by atoms with Gasteiger partial charge in [0.1, 0.15) is 13.2 Å². The van der Waals surface area contributed by atoms with Crippen molar-refractivity contribution >= 4 is 5.91 Å². The molecule has 0 fully saturated rings. The van der Waals surface area contributed by atoms with Crippen molar-refractivity contribution in [1.29, 1.82) is 0 Å². The molecule has 0 saturated heterocycles. The van der Waals surface area contributed by atoms with E-state index in [1.807, 2.05) is 35.0 Å². The number of nitrogens with zero attached hydrogens (tertiary/aromatic N) is 2. The van der Waals surface area contributed by atoms with Gasteiger partial charge in [-0.2, -0.15) is 0 Å². The van der Waals surface area contributed by atoms with Crippen LogP contribution in [0.1, 0.15) is 15.9 Å². The number of amides is 1. The molecule has 0 radical (unpaired) electrons. The maximum atomic E-state index is 12.6. The molecule has 6 heteroatoms. The standard InChI is InChI=1S/C19H17N3O3/c23-19(15-5-3-7-17-18(15)25-11-10-24-17)21-12-14-4-1-2-6-16(14)22-9-8-20-13-22/h1-9,13H,10-12H2,(H,21,23). The molecule has 25 heavy (non-hydrogen) atoms. The highest BCUT2D eigenvalue weighted by Gasteiger charge is 2.20. The quantitative estimate of drug-likeness (QED) is 0.796. The summed E-state index contributed by atoms with van der Waals surface area (Å²) < 4.78 is 13.1. The monoisotopic (exact) mass is 335 g/mol. The lowest BCUT2D eigenvalue weighted by Crippen LogP contribution is -2.26. The first-order valence-electron chi connectivity index (χ1n) is 8.06. The van der Waals surface area contributed by atoms with Gasteiger partial charge >= 0.3 is 0 Å². The van der Waals surface area contributed by atoms with Gasteiger partial charge in [0.05, 0.1) is 17.6 Å². The van der Waals surface area contributed by atoms with Crippen LogP contribution in [0, 0.1) is 0 Å². The van der Waals surface area contributed by atoms with Crippen molar-refractivity contribution in [2.75, 3.05) is 13.2 Å². The second kappa shape index (κ2) is 6.68. The summed E-state index contributed by atoms with van der Waals surface area (Å²) in [6.07, 6.45) is 5.34. The Morgan fingerprint density at radius 1 is 1.12 bits per heavy atom. The first-order valence-corrected chi connectivity index (χ1v) is 8.06. The van der Waals surface area contributed by atoms with E-state index in [1.165, 1.54) is 0 Å². The minimum absolute atomic E-state index is 0.192. The van der Waals surface area contributed by atoms with Crippen LogP contribution in [0.15, 0.2) is 61.2 Å². The Balaban J connectivity index is 1.54. The van der Waals surface area contributed by atoms with Crippen molar-refractivity contribution in [3.63, 3.8) is 0 Å². The minimum Gasteiger partial charge on any atom is -0.486 e. The van der Waals surface area contributed by atoms with Crippen LogP contribution in [-0.4, -0.2) is 28.7 Å². The van der Waals surface area contributed by atoms with Crippen molar-refractivity contribution in [3.05, 3.63) is 72.3 Å². The molecular formula is C19H17N3O3. The van der Waals surface area contributed by atoms with Gasteiger partial charge in [0, 0.05) is 18.9 Å². The van der Waals surface area contributed by atoms with Crippen molar-refractivity contribution in [2.45, 2.75) is 6.54 Å². The lowest BCUT2D eigenvalue weighted by atomic mass is 10.1. The molecule has 0 atom stereocenters. The molecule has 2 aromatic carbocycles. The van der Waals surface area contributed by atoms with Gasteiger partial charge in [-0.1, -0.05) is 24.3 Å². The fourth-order valence-corrected chi connectivity index (χ4v) is 2.84. The average Bonchev–Trinajstić information content (AvgIpc) is 3.20. The van der Waals surface area contributed by atoms with Gasteiger partial charge in [0.2, 0.25) is 0 Å². The summed E-state index contributed by atoms with van der Waals surface area (Å²) in [7, 11) is 0. The number of rotatable bonds is 4. The number of carbonyl (C=O) groups is 1. The normalized spacial score (nSPS) is 12.6. The van der Waals surface area contributed by atoms with Gasteiger partial charge in [0.15, 0.2) is 11.5 Å². The van der Waals surface area contributed by atoms with Crippen LogP contribution >= 0.6 is 0 Å². The van der Waals surface area contributed by atoms with Crippen molar-refractivity contribution < 1.29 is 14.3 Å². The molecule has 1 aromatic heterocycles. The lowest BCUT2D eigenvalue weighted by molar-refractivity contribution is 0.0940. The molecule has 2 heterocycles. The van der Waals surface area contributed by atoms with Crippen LogP contribution in [0.3, 0.4) is 0 Å². The van der Waals surface area contributed by atoms with E-state index < -0.39 is 0 Å². The van der Waals surface area contributed by atoms with Crippen LogP contribution < -0.4 is 14.8 Å². The second-order valence-corrected chi connectivity index (χ2v) is 5.61. The third-order valence-corrected chi connectivity index (χ3v) is 4.02. The number of imidazole rings is 1. The number of ether oxygens (including phenoxy) is 2. The fourth-order valence-electron chi connectivity index (χ4n) is 2.84. The highest BCUT2D eigenvalue weighted by molar-refractivity contribution is 5.97. The van der Waals surface area contributed by atoms with Crippen molar-refractivity contribution in [2.24, 2.45) is 0 Å². The number of benzene rings is 2. The highest BCUT2D eigenvalue weighted by Crippen LogP contribution is 2.33. The lowest BCUT2D eigenvalue weighted by Gasteiger charge is -2.20. The van der Waals surface area contributed by atoms with Gasteiger partial charge in [-0.05, 0) is 23.8 Å². The predicted molar refractivity (Wildman–Crippen MR) is 92.2 cm³/mol. The number of aromatic nitrogens is 2.